The predicted molar refractivity (Wildman–Crippen MR) is 116 cm³/mol. The maximum absolute atomic E-state index is 13.3. The first kappa shape index (κ1) is 19.7. The van der Waals surface area contributed by atoms with Gasteiger partial charge in [-0.3, -0.25) is 9.48 Å². The van der Waals surface area contributed by atoms with Gasteiger partial charge in [-0.15, -0.1) is 0 Å². The highest BCUT2D eigenvalue weighted by molar-refractivity contribution is 6.31. The number of nitrogens with one attached hydrogen (secondary N) is 1. The standard InChI is InChI=1S/C22H21ClN6O2/c1-31-9-8-28-13-17(23)19(26-28)11-21-15-4-2-3-5-16(15)22(30)29(21)12-14-6-7-18-20(10-14)25-27-24-18/h2-7,10,13,21H,8-9,11-12H2,1H3,(H,24,25,27). The van der Waals surface area contributed by atoms with Gasteiger partial charge in [-0.1, -0.05) is 35.9 Å². The summed E-state index contributed by atoms with van der Waals surface area (Å²) in [6, 6.07) is 13.4. The monoisotopic (exact) mass is 436 g/mol. The van der Waals surface area contributed by atoms with Gasteiger partial charge in [0.25, 0.3) is 5.91 Å². The number of rotatable bonds is 7. The van der Waals surface area contributed by atoms with Crippen LogP contribution in [0.4, 0.5) is 0 Å². The van der Waals surface area contributed by atoms with Crippen LogP contribution in [0, 0.1) is 0 Å². The molecule has 1 aliphatic heterocycles. The molecule has 2 aromatic carbocycles. The van der Waals surface area contributed by atoms with Crippen LogP contribution < -0.4 is 0 Å². The number of fused-ring (bicyclic) bond motifs is 2. The second-order valence-corrected chi connectivity index (χ2v) is 7.97. The number of hydrogen-bond donors (Lipinski definition) is 1. The Balaban J connectivity index is 1.46. The predicted octanol–water partition coefficient (Wildman–Crippen LogP) is 3.39. The summed E-state index contributed by atoms with van der Waals surface area (Å²) in [5, 5.41) is 16.1. The molecular formula is C22H21ClN6O2. The first-order valence-electron chi connectivity index (χ1n) is 10.0. The maximum Gasteiger partial charge on any atom is 0.255 e. The van der Waals surface area contributed by atoms with Crippen LogP contribution in [0.15, 0.2) is 48.7 Å². The number of halogens is 1. The molecule has 0 spiro atoms. The van der Waals surface area contributed by atoms with Crippen molar-refractivity contribution in [1.82, 2.24) is 30.1 Å². The molecule has 0 saturated carbocycles. The van der Waals surface area contributed by atoms with Gasteiger partial charge in [0.05, 0.1) is 29.9 Å². The van der Waals surface area contributed by atoms with Gasteiger partial charge in [-0.25, -0.2) is 0 Å². The third-order valence-electron chi connectivity index (χ3n) is 5.62. The number of carbonyl (C=O) groups excluding carboxylic acids is 1. The molecule has 1 aliphatic rings. The van der Waals surface area contributed by atoms with E-state index >= 15 is 0 Å². The summed E-state index contributed by atoms with van der Waals surface area (Å²) in [6.07, 6.45) is 2.34. The van der Waals surface area contributed by atoms with E-state index in [1.54, 1.807) is 18.0 Å². The van der Waals surface area contributed by atoms with E-state index in [-0.39, 0.29) is 11.9 Å². The normalized spacial score (nSPS) is 15.7. The van der Waals surface area contributed by atoms with Gasteiger partial charge < -0.3 is 9.64 Å². The molecule has 1 N–H and O–H groups in total. The summed E-state index contributed by atoms with van der Waals surface area (Å²) in [5.74, 6) is 0.00999. The Bertz CT molecular complexity index is 1250. The van der Waals surface area contributed by atoms with Gasteiger partial charge in [-0.05, 0) is 29.3 Å². The fraction of sp³-hybridized carbons (Fsp3) is 0.273. The summed E-state index contributed by atoms with van der Waals surface area (Å²) < 4.78 is 6.91. The van der Waals surface area contributed by atoms with E-state index in [1.807, 2.05) is 47.4 Å². The molecule has 5 rings (SSSR count). The minimum atomic E-state index is -0.153. The fourth-order valence-electron chi connectivity index (χ4n) is 4.09. The van der Waals surface area contributed by atoms with Crippen molar-refractivity contribution in [3.05, 3.63) is 76.1 Å². The lowest BCUT2D eigenvalue weighted by Gasteiger charge is -2.25. The van der Waals surface area contributed by atoms with Gasteiger partial charge in [-0.2, -0.15) is 20.5 Å². The molecule has 8 nitrogen and oxygen atoms in total. The van der Waals surface area contributed by atoms with Crippen molar-refractivity contribution in [3.63, 3.8) is 0 Å². The van der Waals surface area contributed by atoms with Crippen LogP contribution in [0.1, 0.15) is 33.2 Å². The smallest absolute Gasteiger partial charge is 0.255 e. The van der Waals surface area contributed by atoms with Crippen molar-refractivity contribution in [1.29, 1.82) is 0 Å². The van der Waals surface area contributed by atoms with Crippen LogP contribution in [0.25, 0.3) is 11.0 Å². The highest BCUT2D eigenvalue weighted by Gasteiger charge is 2.37. The minimum Gasteiger partial charge on any atom is -0.383 e. The van der Waals surface area contributed by atoms with Gasteiger partial charge in [0.1, 0.15) is 11.0 Å². The average molecular weight is 437 g/mol. The van der Waals surface area contributed by atoms with Crippen molar-refractivity contribution >= 4 is 28.5 Å². The molecule has 1 atom stereocenters. The third kappa shape index (κ3) is 3.68. The van der Waals surface area contributed by atoms with E-state index in [2.05, 4.69) is 20.5 Å². The highest BCUT2D eigenvalue weighted by atomic mass is 35.5. The molecule has 0 aliphatic carbocycles. The summed E-state index contributed by atoms with van der Waals surface area (Å²) in [5.41, 5.74) is 5.05. The number of aromatic nitrogens is 5. The first-order valence-corrected chi connectivity index (χ1v) is 10.4. The van der Waals surface area contributed by atoms with Crippen molar-refractivity contribution in [3.8, 4) is 0 Å². The molecule has 0 saturated heterocycles. The SMILES string of the molecule is COCCn1cc(Cl)c(CC2c3ccccc3C(=O)N2Cc2ccc3n[nH]nc3c2)n1. The average Bonchev–Trinajstić information content (AvgIpc) is 3.45. The lowest BCUT2D eigenvalue weighted by atomic mass is 10.0. The third-order valence-corrected chi connectivity index (χ3v) is 5.94. The lowest BCUT2D eigenvalue weighted by molar-refractivity contribution is 0.0708. The number of benzene rings is 2. The molecular weight excluding hydrogens is 416 g/mol. The Kier molecular flexibility index (Phi) is 5.17. The van der Waals surface area contributed by atoms with Crippen molar-refractivity contribution in [2.24, 2.45) is 0 Å². The molecule has 0 fully saturated rings. The zero-order valence-corrected chi connectivity index (χ0v) is 17.7. The molecule has 2 aromatic heterocycles. The van der Waals surface area contributed by atoms with Crippen LogP contribution in [-0.2, 0) is 24.2 Å². The Morgan fingerprint density at radius 1 is 1.16 bits per heavy atom. The van der Waals surface area contributed by atoms with E-state index in [0.717, 1.165) is 33.4 Å². The number of H-pyrrole nitrogens is 1. The van der Waals surface area contributed by atoms with E-state index in [0.29, 0.717) is 31.1 Å². The number of carbonyl (C=O) groups is 1. The summed E-state index contributed by atoms with van der Waals surface area (Å²) in [6.45, 7) is 1.64. The minimum absolute atomic E-state index is 0.00999. The zero-order chi connectivity index (χ0) is 21.4. The molecule has 9 heteroatoms. The van der Waals surface area contributed by atoms with Crippen LogP contribution in [0.2, 0.25) is 5.02 Å². The quantitative estimate of drug-likeness (QED) is 0.479. The molecule has 4 aromatic rings. The molecule has 1 unspecified atom stereocenters. The number of ether oxygens (including phenoxy) is 1. The van der Waals surface area contributed by atoms with Crippen molar-refractivity contribution < 1.29 is 9.53 Å². The molecule has 158 valence electrons. The largest absolute Gasteiger partial charge is 0.383 e. The number of amides is 1. The Morgan fingerprint density at radius 3 is 2.87 bits per heavy atom. The number of aromatic amines is 1. The van der Waals surface area contributed by atoms with E-state index in [4.69, 9.17) is 16.3 Å². The zero-order valence-electron chi connectivity index (χ0n) is 17.0. The molecule has 3 heterocycles. The fourth-order valence-corrected chi connectivity index (χ4v) is 4.31. The van der Waals surface area contributed by atoms with Crippen LogP contribution >= 0.6 is 11.6 Å². The lowest BCUT2D eigenvalue weighted by Crippen LogP contribution is -2.29. The van der Waals surface area contributed by atoms with Crippen molar-refractivity contribution in [2.45, 2.75) is 25.6 Å². The summed E-state index contributed by atoms with van der Waals surface area (Å²) in [4.78, 5) is 15.1. The second kappa shape index (κ2) is 8.13. The van der Waals surface area contributed by atoms with Crippen LogP contribution in [0.3, 0.4) is 0 Å². The Labute approximate surface area is 183 Å². The second-order valence-electron chi connectivity index (χ2n) is 7.57. The Hall–Kier alpha value is -3.23. The summed E-state index contributed by atoms with van der Waals surface area (Å²) in [7, 11) is 1.65. The van der Waals surface area contributed by atoms with Gasteiger partial charge >= 0.3 is 0 Å². The highest BCUT2D eigenvalue weighted by Crippen LogP contribution is 2.38. The number of methoxy groups -OCH3 is 1. The number of nitrogens with zero attached hydrogens (tertiary/aromatic N) is 5. The van der Waals surface area contributed by atoms with Gasteiger partial charge in [0.2, 0.25) is 0 Å². The Morgan fingerprint density at radius 2 is 2.00 bits per heavy atom. The maximum atomic E-state index is 13.3. The molecule has 0 radical (unpaired) electrons. The van der Waals surface area contributed by atoms with Crippen molar-refractivity contribution in [2.75, 3.05) is 13.7 Å². The summed E-state index contributed by atoms with van der Waals surface area (Å²) >= 11 is 6.48. The molecule has 0 bridgehead atoms. The molecule has 31 heavy (non-hydrogen) atoms. The van der Waals surface area contributed by atoms with Gasteiger partial charge in [0.15, 0.2) is 0 Å². The first-order chi connectivity index (χ1) is 15.1. The number of hydrogen-bond acceptors (Lipinski definition) is 5. The van der Waals surface area contributed by atoms with Crippen LogP contribution in [0.5, 0.6) is 0 Å². The molecule has 1 amide bonds. The van der Waals surface area contributed by atoms with E-state index < -0.39 is 0 Å². The van der Waals surface area contributed by atoms with Crippen LogP contribution in [-0.4, -0.2) is 49.7 Å². The van der Waals surface area contributed by atoms with E-state index in [1.165, 1.54) is 0 Å². The topological polar surface area (TPSA) is 88.9 Å². The van der Waals surface area contributed by atoms with E-state index in [9.17, 15) is 4.79 Å². The van der Waals surface area contributed by atoms with Gasteiger partial charge in [0, 0.05) is 31.8 Å².